The number of hydrogen-bond donors (Lipinski definition) is 1. The lowest BCUT2D eigenvalue weighted by atomic mass is 10.0. The summed E-state index contributed by atoms with van der Waals surface area (Å²) in [6, 6.07) is 18.4. The Bertz CT molecular complexity index is 704. The van der Waals surface area contributed by atoms with Crippen LogP contribution in [0.2, 0.25) is 0 Å². The Balaban J connectivity index is 2.03. The molecule has 1 aromatic heterocycles. The standard InChI is InChI=1S/C17H16FN3/c1-19-17(13-7-9-14(18)10-8-13)16-11-12-20-21(16)15-5-3-2-4-6-15/h2-12,17,19H,1H3. The third-order valence-electron chi connectivity index (χ3n) is 3.46. The Labute approximate surface area is 123 Å². The van der Waals surface area contributed by atoms with E-state index in [0.29, 0.717) is 0 Å². The van der Waals surface area contributed by atoms with E-state index in [2.05, 4.69) is 10.4 Å². The van der Waals surface area contributed by atoms with E-state index < -0.39 is 0 Å². The van der Waals surface area contributed by atoms with Crippen LogP contribution in [0.4, 0.5) is 4.39 Å². The molecule has 0 aliphatic heterocycles. The van der Waals surface area contributed by atoms with Crippen molar-refractivity contribution < 1.29 is 4.39 Å². The lowest BCUT2D eigenvalue weighted by molar-refractivity contribution is 0.616. The van der Waals surface area contributed by atoms with Gasteiger partial charge in [0.2, 0.25) is 0 Å². The first-order chi connectivity index (χ1) is 10.3. The van der Waals surface area contributed by atoms with Gasteiger partial charge in [-0.05, 0) is 42.9 Å². The maximum atomic E-state index is 13.1. The molecule has 1 atom stereocenters. The highest BCUT2D eigenvalue weighted by atomic mass is 19.1. The molecule has 4 heteroatoms. The van der Waals surface area contributed by atoms with Crippen LogP contribution in [0.25, 0.3) is 5.69 Å². The number of halogens is 1. The van der Waals surface area contributed by atoms with Gasteiger partial charge in [-0.15, -0.1) is 0 Å². The minimum absolute atomic E-state index is 0.0479. The number of rotatable bonds is 4. The van der Waals surface area contributed by atoms with Gasteiger partial charge in [0.1, 0.15) is 5.82 Å². The molecule has 0 bridgehead atoms. The zero-order valence-electron chi connectivity index (χ0n) is 11.7. The van der Waals surface area contributed by atoms with Crippen molar-refractivity contribution in [3.05, 3.63) is 83.9 Å². The monoisotopic (exact) mass is 281 g/mol. The number of nitrogens with one attached hydrogen (secondary N) is 1. The van der Waals surface area contributed by atoms with Crippen molar-refractivity contribution in [3.8, 4) is 5.69 Å². The van der Waals surface area contributed by atoms with E-state index >= 15 is 0 Å². The van der Waals surface area contributed by atoms with Crippen molar-refractivity contribution in [1.82, 2.24) is 15.1 Å². The Morgan fingerprint density at radius 1 is 1.00 bits per heavy atom. The van der Waals surface area contributed by atoms with Crippen molar-refractivity contribution in [1.29, 1.82) is 0 Å². The summed E-state index contributed by atoms with van der Waals surface area (Å²) in [5.41, 5.74) is 3.01. The quantitative estimate of drug-likeness (QED) is 0.795. The third-order valence-corrected chi connectivity index (χ3v) is 3.46. The number of aromatic nitrogens is 2. The lowest BCUT2D eigenvalue weighted by Crippen LogP contribution is -2.21. The molecule has 1 unspecified atom stereocenters. The second-order valence-corrected chi connectivity index (χ2v) is 4.78. The van der Waals surface area contributed by atoms with E-state index in [4.69, 9.17) is 0 Å². The molecule has 3 rings (SSSR count). The fraction of sp³-hybridized carbons (Fsp3) is 0.118. The summed E-state index contributed by atoms with van der Waals surface area (Å²) in [7, 11) is 1.89. The summed E-state index contributed by atoms with van der Waals surface area (Å²) in [5.74, 6) is -0.231. The number of benzene rings is 2. The Hall–Kier alpha value is -2.46. The van der Waals surface area contributed by atoms with E-state index in [9.17, 15) is 4.39 Å². The molecule has 3 aromatic rings. The summed E-state index contributed by atoms with van der Waals surface area (Å²) in [5, 5.41) is 7.67. The first-order valence-corrected chi connectivity index (χ1v) is 6.81. The fourth-order valence-corrected chi connectivity index (χ4v) is 2.46. The van der Waals surface area contributed by atoms with Crippen molar-refractivity contribution in [2.24, 2.45) is 0 Å². The van der Waals surface area contributed by atoms with Gasteiger partial charge >= 0.3 is 0 Å². The number of nitrogens with zero attached hydrogens (tertiary/aromatic N) is 2. The van der Waals surface area contributed by atoms with Crippen LogP contribution in [-0.2, 0) is 0 Å². The van der Waals surface area contributed by atoms with E-state index in [0.717, 1.165) is 16.9 Å². The summed E-state index contributed by atoms with van der Waals surface area (Å²) >= 11 is 0. The number of para-hydroxylation sites is 1. The van der Waals surface area contributed by atoms with Crippen LogP contribution in [0.15, 0.2) is 66.9 Å². The molecule has 2 aromatic carbocycles. The summed E-state index contributed by atoms with van der Waals surface area (Å²) in [4.78, 5) is 0. The smallest absolute Gasteiger partial charge is 0.123 e. The molecule has 0 saturated heterocycles. The van der Waals surface area contributed by atoms with E-state index in [1.165, 1.54) is 12.1 Å². The second kappa shape index (κ2) is 5.89. The lowest BCUT2D eigenvalue weighted by Gasteiger charge is -2.18. The Morgan fingerprint density at radius 2 is 1.71 bits per heavy atom. The van der Waals surface area contributed by atoms with Gasteiger partial charge in [0.15, 0.2) is 0 Å². The molecule has 0 amide bonds. The van der Waals surface area contributed by atoms with Gasteiger partial charge in [0.25, 0.3) is 0 Å². The first-order valence-electron chi connectivity index (χ1n) is 6.81. The molecule has 106 valence electrons. The fourth-order valence-electron chi connectivity index (χ4n) is 2.46. The minimum atomic E-state index is -0.231. The van der Waals surface area contributed by atoms with E-state index in [1.54, 1.807) is 18.3 Å². The highest BCUT2D eigenvalue weighted by molar-refractivity contribution is 5.36. The van der Waals surface area contributed by atoms with Gasteiger partial charge in [0.05, 0.1) is 17.4 Å². The van der Waals surface area contributed by atoms with Crippen LogP contribution in [0.1, 0.15) is 17.3 Å². The first kappa shape index (κ1) is 13.5. The van der Waals surface area contributed by atoms with Crippen molar-refractivity contribution in [2.45, 2.75) is 6.04 Å². The second-order valence-electron chi connectivity index (χ2n) is 4.78. The average Bonchev–Trinajstić information content (AvgIpc) is 3.00. The summed E-state index contributed by atoms with van der Waals surface area (Å²) < 4.78 is 15.0. The zero-order valence-corrected chi connectivity index (χ0v) is 11.7. The van der Waals surface area contributed by atoms with Gasteiger partial charge in [-0.25, -0.2) is 9.07 Å². The SMILES string of the molecule is CNC(c1ccc(F)cc1)c1ccnn1-c1ccccc1. The molecule has 1 N–H and O–H groups in total. The van der Waals surface area contributed by atoms with Crippen LogP contribution >= 0.6 is 0 Å². The van der Waals surface area contributed by atoms with Gasteiger partial charge < -0.3 is 5.32 Å². The predicted molar refractivity (Wildman–Crippen MR) is 80.9 cm³/mol. The molecule has 0 radical (unpaired) electrons. The summed E-state index contributed by atoms with van der Waals surface area (Å²) in [6.07, 6.45) is 1.77. The zero-order chi connectivity index (χ0) is 14.7. The maximum absolute atomic E-state index is 13.1. The molecular weight excluding hydrogens is 265 g/mol. The Morgan fingerprint density at radius 3 is 2.38 bits per heavy atom. The predicted octanol–water partition coefficient (Wildman–Crippen LogP) is 3.32. The van der Waals surface area contributed by atoms with Crippen molar-refractivity contribution in [3.63, 3.8) is 0 Å². The minimum Gasteiger partial charge on any atom is -0.308 e. The highest BCUT2D eigenvalue weighted by Crippen LogP contribution is 2.24. The molecule has 3 nitrogen and oxygen atoms in total. The summed E-state index contributed by atoms with van der Waals surface area (Å²) in [6.45, 7) is 0. The van der Waals surface area contributed by atoms with Crippen LogP contribution < -0.4 is 5.32 Å². The molecule has 21 heavy (non-hydrogen) atoms. The molecule has 0 spiro atoms. The number of hydrogen-bond acceptors (Lipinski definition) is 2. The van der Waals surface area contributed by atoms with Gasteiger partial charge in [-0.3, -0.25) is 0 Å². The molecule has 0 aliphatic carbocycles. The van der Waals surface area contributed by atoms with E-state index in [1.807, 2.05) is 48.1 Å². The third kappa shape index (κ3) is 2.71. The molecule has 0 fully saturated rings. The van der Waals surface area contributed by atoms with Crippen LogP contribution in [-0.4, -0.2) is 16.8 Å². The van der Waals surface area contributed by atoms with Crippen molar-refractivity contribution in [2.75, 3.05) is 7.05 Å². The highest BCUT2D eigenvalue weighted by Gasteiger charge is 2.17. The van der Waals surface area contributed by atoms with Gasteiger partial charge in [-0.1, -0.05) is 30.3 Å². The molecule has 0 saturated carbocycles. The van der Waals surface area contributed by atoms with Gasteiger partial charge in [0, 0.05) is 6.20 Å². The largest absolute Gasteiger partial charge is 0.308 e. The van der Waals surface area contributed by atoms with E-state index in [-0.39, 0.29) is 11.9 Å². The molecular formula is C17H16FN3. The van der Waals surface area contributed by atoms with Gasteiger partial charge in [-0.2, -0.15) is 5.10 Å². The van der Waals surface area contributed by atoms with Crippen LogP contribution in [0, 0.1) is 5.82 Å². The topological polar surface area (TPSA) is 29.9 Å². The Kier molecular flexibility index (Phi) is 3.79. The molecule has 1 heterocycles. The normalized spacial score (nSPS) is 12.3. The van der Waals surface area contributed by atoms with Crippen LogP contribution in [0.3, 0.4) is 0 Å². The van der Waals surface area contributed by atoms with Crippen molar-refractivity contribution >= 4 is 0 Å². The molecule has 0 aliphatic rings. The maximum Gasteiger partial charge on any atom is 0.123 e. The average molecular weight is 281 g/mol. The van der Waals surface area contributed by atoms with Crippen LogP contribution in [0.5, 0.6) is 0 Å².